The van der Waals surface area contributed by atoms with Crippen molar-refractivity contribution in [2.24, 2.45) is 0 Å². The van der Waals surface area contributed by atoms with Crippen LogP contribution in [-0.2, 0) is 16.1 Å². The van der Waals surface area contributed by atoms with Crippen LogP contribution in [0.2, 0.25) is 0 Å². The SMILES string of the molecule is CCOC(=O)CCN(Cc1ccccn1)C(=O)c1ccc(OC)cc1. The average Bonchev–Trinajstić information content (AvgIpc) is 2.65. The maximum absolute atomic E-state index is 12.8. The third kappa shape index (κ3) is 5.60. The second-order valence-electron chi connectivity index (χ2n) is 5.33. The zero-order chi connectivity index (χ0) is 18.1. The van der Waals surface area contributed by atoms with E-state index in [9.17, 15) is 9.59 Å². The van der Waals surface area contributed by atoms with Crippen LogP contribution in [-0.4, -0.2) is 42.0 Å². The molecule has 0 N–H and O–H groups in total. The van der Waals surface area contributed by atoms with Crippen LogP contribution in [0, 0.1) is 0 Å². The number of amides is 1. The molecule has 6 nitrogen and oxygen atoms in total. The van der Waals surface area contributed by atoms with Gasteiger partial charge in [0.2, 0.25) is 0 Å². The summed E-state index contributed by atoms with van der Waals surface area (Å²) in [4.78, 5) is 30.3. The number of hydrogen-bond acceptors (Lipinski definition) is 5. The Morgan fingerprint density at radius 3 is 2.48 bits per heavy atom. The number of benzene rings is 1. The van der Waals surface area contributed by atoms with Crippen molar-refractivity contribution in [3.8, 4) is 5.75 Å². The molecule has 25 heavy (non-hydrogen) atoms. The molecule has 0 fully saturated rings. The molecule has 1 heterocycles. The molecule has 0 bridgehead atoms. The van der Waals surface area contributed by atoms with E-state index in [1.807, 2.05) is 18.2 Å². The Hall–Kier alpha value is -2.89. The van der Waals surface area contributed by atoms with E-state index in [0.717, 1.165) is 5.69 Å². The van der Waals surface area contributed by atoms with Gasteiger partial charge in [0, 0.05) is 18.3 Å². The molecule has 0 atom stereocenters. The molecule has 0 saturated heterocycles. The summed E-state index contributed by atoms with van der Waals surface area (Å²) in [7, 11) is 1.57. The second-order valence-corrected chi connectivity index (χ2v) is 5.33. The molecule has 6 heteroatoms. The Balaban J connectivity index is 2.13. The normalized spacial score (nSPS) is 10.2. The molecule has 0 aliphatic heterocycles. The predicted octanol–water partition coefficient (Wildman–Crippen LogP) is 2.69. The summed E-state index contributed by atoms with van der Waals surface area (Å²) >= 11 is 0. The van der Waals surface area contributed by atoms with Crippen molar-refractivity contribution in [1.82, 2.24) is 9.88 Å². The van der Waals surface area contributed by atoms with Gasteiger partial charge in [0.15, 0.2) is 0 Å². The van der Waals surface area contributed by atoms with Crippen LogP contribution < -0.4 is 4.74 Å². The fourth-order valence-corrected chi connectivity index (χ4v) is 2.32. The lowest BCUT2D eigenvalue weighted by Crippen LogP contribution is -2.33. The van der Waals surface area contributed by atoms with E-state index in [1.165, 1.54) is 0 Å². The van der Waals surface area contributed by atoms with Crippen molar-refractivity contribution in [2.45, 2.75) is 19.9 Å². The zero-order valence-corrected chi connectivity index (χ0v) is 14.5. The lowest BCUT2D eigenvalue weighted by molar-refractivity contribution is -0.143. The second kappa shape index (κ2) is 9.42. The van der Waals surface area contributed by atoms with Gasteiger partial charge in [-0.3, -0.25) is 14.6 Å². The number of ether oxygens (including phenoxy) is 2. The molecule has 2 aromatic rings. The highest BCUT2D eigenvalue weighted by atomic mass is 16.5. The molecule has 0 aliphatic carbocycles. The van der Waals surface area contributed by atoms with Crippen molar-refractivity contribution in [2.75, 3.05) is 20.3 Å². The molecule has 0 unspecified atom stereocenters. The number of hydrogen-bond donors (Lipinski definition) is 0. The summed E-state index contributed by atoms with van der Waals surface area (Å²) in [6, 6.07) is 12.4. The van der Waals surface area contributed by atoms with E-state index >= 15 is 0 Å². The summed E-state index contributed by atoms with van der Waals surface area (Å²) in [6.45, 7) is 2.67. The zero-order valence-electron chi connectivity index (χ0n) is 14.5. The number of pyridine rings is 1. The van der Waals surface area contributed by atoms with Crippen LogP contribution in [0.5, 0.6) is 5.75 Å². The molecule has 0 spiro atoms. The third-order valence-electron chi connectivity index (χ3n) is 3.59. The van der Waals surface area contributed by atoms with Crippen LogP contribution in [0.3, 0.4) is 0 Å². The minimum absolute atomic E-state index is 0.141. The van der Waals surface area contributed by atoms with Gasteiger partial charge in [0.05, 0.1) is 32.4 Å². The predicted molar refractivity (Wildman–Crippen MR) is 93.2 cm³/mol. The highest BCUT2D eigenvalue weighted by molar-refractivity contribution is 5.94. The van der Waals surface area contributed by atoms with E-state index in [0.29, 0.717) is 24.5 Å². The van der Waals surface area contributed by atoms with Gasteiger partial charge in [-0.1, -0.05) is 6.07 Å². The molecule has 1 amide bonds. The summed E-state index contributed by atoms with van der Waals surface area (Å²) in [5, 5.41) is 0. The average molecular weight is 342 g/mol. The van der Waals surface area contributed by atoms with Gasteiger partial charge in [-0.2, -0.15) is 0 Å². The molecule has 0 aliphatic rings. The van der Waals surface area contributed by atoms with Gasteiger partial charge < -0.3 is 14.4 Å². The van der Waals surface area contributed by atoms with Crippen molar-refractivity contribution in [3.63, 3.8) is 0 Å². The third-order valence-corrected chi connectivity index (χ3v) is 3.59. The first-order valence-electron chi connectivity index (χ1n) is 8.13. The highest BCUT2D eigenvalue weighted by Crippen LogP contribution is 2.15. The number of methoxy groups -OCH3 is 1. The largest absolute Gasteiger partial charge is 0.497 e. The van der Waals surface area contributed by atoms with Crippen LogP contribution in [0.15, 0.2) is 48.7 Å². The minimum Gasteiger partial charge on any atom is -0.497 e. The van der Waals surface area contributed by atoms with Gasteiger partial charge in [-0.05, 0) is 43.3 Å². The van der Waals surface area contributed by atoms with Crippen LogP contribution in [0.25, 0.3) is 0 Å². The molecule has 132 valence electrons. The lowest BCUT2D eigenvalue weighted by Gasteiger charge is -2.22. The fraction of sp³-hybridized carbons (Fsp3) is 0.316. The lowest BCUT2D eigenvalue weighted by atomic mass is 10.1. The molecule has 0 radical (unpaired) electrons. The molecular formula is C19H22N2O4. The smallest absolute Gasteiger partial charge is 0.307 e. The van der Waals surface area contributed by atoms with E-state index in [1.54, 1.807) is 49.4 Å². The van der Waals surface area contributed by atoms with E-state index in [4.69, 9.17) is 9.47 Å². The van der Waals surface area contributed by atoms with Gasteiger partial charge in [0.25, 0.3) is 5.91 Å². The number of esters is 1. The summed E-state index contributed by atoms with van der Waals surface area (Å²) < 4.78 is 10.1. The number of nitrogens with zero attached hydrogens (tertiary/aromatic N) is 2. The highest BCUT2D eigenvalue weighted by Gasteiger charge is 2.18. The van der Waals surface area contributed by atoms with Crippen molar-refractivity contribution >= 4 is 11.9 Å². The van der Waals surface area contributed by atoms with E-state index < -0.39 is 0 Å². The first kappa shape index (κ1) is 18.4. The number of carbonyl (C=O) groups excluding carboxylic acids is 2. The van der Waals surface area contributed by atoms with Crippen molar-refractivity contribution in [3.05, 3.63) is 59.9 Å². The maximum atomic E-state index is 12.8. The first-order chi connectivity index (χ1) is 12.1. The van der Waals surface area contributed by atoms with E-state index in [2.05, 4.69) is 4.98 Å². The van der Waals surface area contributed by atoms with Gasteiger partial charge >= 0.3 is 5.97 Å². The topological polar surface area (TPSA) is 68.7 Å². The van der Waals surface area contributed by atoms with Gasteiger partial charge in [-0.15, -0.1) is 0 Å². The first-order valence-corrected chi connectivity index (χ1v) is 8.13. The molecule has 1 aromatic heterocycles. The van der Waals surface area contributed by atoms with E-state index in [-0.39, 0.29) is 24.8 Å². The monoisotopic (exact) mass is 342 g/mol. The van der Waals surface area contributed by atoms with Crippen molar-refractivity contribution < 1.29 is 19.1 Å². The maximum Gasteiger partial charge on any atom is 0.307 e. The van der Waals surface area contributed by atoms with Crippen LogP contribution >= 0.6 is 0 Å². The fourth-order valence-electron chi connectivity index (χ4n) is 2.32. The van der Waals surface area contributed by atoms with Gasteiger partial charge in [0.1, 0.15) is 5.75 Å². The summed E-state index contributed by atoms with van der Waals surface area (Å²) in [5.41, 5.74) is 1.29. The Morgan fingerprint density at radius 1 is 1.12 bits per heavy atom. The van der Waals surface area contributed by atoms with Crippen molar-refractivity contribution in [1.29, 1.82) is 0 Å². The molecular weight excluding hydrogens is 320 g/mol. The van der Waals surface area contributed by atoms with Crippen LogP contribution in [0.4, 0.5) is 0 Å². The molecule has 0 saturated carbocycles. The Kier molecular flexibility index (Phi) is 6.95. The van der Waals surface area contributed by atoms with Crippen LogP contribution in [0.1, 0.15) is 29.4 Å². The molecule has 2 rings (SSSR count). The Morgan fingerprint density at radius 2 is 1.88 bits per heavy atom. The standard InChI is InChI=1S/C19H22N2O4/c1-3-25-18(22)11-13-21(14-16-6-4-5-12-20-16)19(23)15-7-9-17(24-2)10-8-15/h4-10,12H,3,11,13-14H2,1-2H3. The summed E-state index contributed by atoms with van der Waals surface area (Å²) in [6.07, 6.45) is 1.82. The minimum atomic E-state index is -0.323. The number of carbonyl (C=O) groups is 2. The Labute approximate surface area is 147 Å². The number of aromatic nitrogens is 1. The quantitative estimate of drug-likeness (QED) is 0.690. The number of rotatable bonds is 8. The summed E-state index contributed by atoms with van der Waals surface area (Å²) in [5.74, 6) is 0.188. The Bertz CT molecular complexity index is 686. The molecule has 1 aromatic carbocycles. The van der Waals surface area contributed by atoms with Gasteiger partial charge in [-0.25, -0.2) is 0 Å².